The van der Waals surface area contributed by atoms with Gasteiger partial charge >= 0.3 is 0 Å². The number of oxime groups is 1. The average Bonchev–Trinajstić information content (AvgIpc) is 2.72. The van der Waals surface area contributed by atoms with E-state index in [2.05, 4.69) is 22.6 Å². The Morgan fingerprint density at radius 2 is 2.11 bits per heavy atom. The van der Waals surface area contributed by atoms with Gasteiger partial charge < -0.3 is 19.6 Å². The quantitative estimate of drug-likeness (QED) is 0.559. The first kappa shape index (κ1) is 19.7. The van der Waals surface area contributed by atoms with Crippen LogP contribution < -0.4 is 14.8 Å². The van der Waals surface area contributed by atoms with Crippen LogP contribution in [-0.4, -0.2) is 32.4 Å². The van der Waals surface area contributed by atoms with Crippen LogP contribution in [0.5, 0.6) is 11.5 Å². The van der Waals surface area contributed by atoms with Crippen LogP contribution in [0.15, 0.2) is 47.6 Å². The molecule has 2 aromatic rings. The van der Waals surface area contributed by atoms with Crippen molar-refractivity contribution in [3.63, 3.8) is 0 Å². The Balaban J connectivity index is 1.51. The van der Waals surface area contributed by atoms with Crippen LogP contribution in [0.1, 0.15) is 42.5 Å². The lowest BCUT2D eigenvalue weighted by Crippen LogP contribution is -2.33. The summed E-state index contributed by atoms with van der Waals surface area (Å²) in [5.41, 5.74) is 3.30. The normalized spacial score (nSPS) is 15.7. The second kappa shape index (κ2) is 9.78. The Labute approximate surface area is 165 Å². The lowest BCUT2D eigenvalue weighted by Gasteiger charge is -2.26. The van der Waals surface area contributed by atoms with Crippen LogP contribution in [0.2, 0.25) is 0 Å². The highest BCUT2D eigenvalue weighted by molar-refractivity contribution is 5.81. The number of hydrogen-bond donors (Lipinski definition) is 1. The molecule has 0 heterocycles. The van der Waals surface area contributed by atoms with Gasteiger partial charge in [-0.1, -0.05) is 29.4 Å². The van der Waals surface area contributed by atoms with E-state index in [-0.39, 0.29) is 18.6 Å². The number of aryl methyl sites for hydroxylation is 1. The number of nitrogens with one attached hydrogen (secondary N) is 1. The number of amides is 1. The van der Waals surface area contributed by atoms with Crippen LogP contribution >= 0.6 is 0 Å². The zero-order valence-corrected chi connectivity index (χ0v) is 16.3. The van der Waals surface area contributed by atoms with E-state index in [9.17, 15) is 4.79 Å². The molecular weight excluding hydrogens is 356 g/mol. The molecule has 0 aromatic heterocycles. The van der Waals surface area contributed by atoms with Crippen LogP contribution in [0.4, 0.5) is 0 Å². The zero-order valence-electron chi connectivity index (χ0n) is 16.3. The maximum absolute atomic E-state index is 12.2. The van der Waals surface area contributed by atoms with E-state index in [1.807, 2.05) is 31.2 Å². The molecule has 28 heavy (non-hydrogen) atoms. The Bertz CT molecular complexity index is 835. The number of carbonyl (C=O) groups excluding carboxylic acids is 1. The number of methoxy groups -OCH3 is 1. The number of rotatable bonds is 8. The third-order valence-electron chi connectivity index (χ3n) is 4.66. The predicted molar refractivity (Wildman–Crippen MR) is 108 cm³/mol. The molecule has 1 aliphatic carbocycles. The van der Waals surface area contributed by atoms with Gasteiger partial charge in [-0.25, -0.2) is 0 Å². The van der Waals surface area contributed by atoms with Crippen molar-refractivity contribution in [2.75, 3.05) is 20.3 Å². The molecule has 1 atom stereocenters. The van der Waals surface area contributed by atoms with Crippen LogP contribution in [0.3, 0.4) is 0 Å². The largest absolute Gasteiger partial charge is 0.493 e. The standard InChI is InChI=1S/C22H26N2O4/c1-3-27-20-12-11-16(13-21(20)26-2)14-23-28-15-22(25)24-19-10-6-8-17-7-4-5-9-18(17)19/h4-5,7,9,11-14,19H,3,6,8,10,15H2,1-2H3,(H,24,25)/b23-14+. The lowest BCUT2D eigenvalue weighted by molar-refractivity contribution is -0.126. The minimum atomic E-state index is -0.178. The average molecular weight is 382 g/mol. The summed E-state index contributed by atoms with van der Waals surface area (Å²) in [4.78, 5) is 17.4. The van der Waals surface area contributed by atoms with E-state index in [1.165, 1.54) is 11.1 Å². The summed E-state index contributed by atoms with van der Waals surface area (Å²) in [5, 5.41) is 6.93. The van der Waals surface area contributed by atoms with Crippen molar-refractivity contribution in [1.29, 1.82) is 0 Å². The minimum absolute atomic E-state index is 0.0420. The van der Waals surface area contributed by atoms with Gasteiger partial charge in [0.05, 0.1) is 26.0 Å². The summed E-state index contributed by atoms with van der Waals surface area (Å²) < 4.78 is 10.8. The van der Waals surface area contributed by atoms with E-state index in [0.717, 1.165) is 24.8 Å². The van der Waals surface area contributed by atoms with Gasteiger partial charge in [0, 0.05) is 5.56 Å². The van der Waals surface area contributed by atoms with E-state index >= 15 is 0 Å². The molecule has 0 saturated carbocycles. The number of fused-ring (bicyclic) bond motifs is 1. The summed E-state index contributed by atoms with van der Waals surface area (Å²) in [6.45, 7) is 2.36. The van der Waals surface area contributed by atoms with Crippen LogP contribution in [0, 0.1) is 0 Å². The molecule has 1 amide bonds. The topological polar surface area (TPSA) is 69.2 Å². The molecule has 0 bridgehead atoms. The van der Waals surface area contributed by atoms with Gasteiger partial charge in [0.15, 0.2) is 18.1 Å². The third-order valence-corrected chi connectivity index (χ3v) is 4.66. The minimum Gasteiger partial charge on any atom is -0.493 e. The van der Waals surface area contributed by atoms with E-state index in [0.29, 0.717) is 18.1 Å². The molecule has 0 radical (unpaired) electrons. The molecule has 0 spiro atoms. The first-order chi connectivity index (χ1) is 13.7. The Hall–Kier alpha value is -3.02. The first-order valence-corrected chi connectivity index (χ1v) is 9.54. The molecule has 1 N–H and O–H groups in total. The Morgan fingerprint density at radius 3 is 2.93 bits per heavy atom. The van der Waals surface area contributed by atoms with E-state index in [4.69, 9.17) is 14.3 Å². The van der Waals surface area contributed by atoms with Crippen molar-refractivity contribution in [1.82, 2.24) is 5.32 Å². The van der Waals surface area contributed by atoms with Gasteiger partial charge in [-0.05, 0) is 55.5 Å². The second-order valence-corrected chi connectivity index (χ2v) is 6.56. The third kappa shape index (κ3) is 5.03. The second-order valence-electron chi connectivity index (χ2n) is 6.56. The van der Waals surface area contributed by atoms with Crippen LogP contribution in [-0.2, 0) is 16.1 Å². The summed E-state index contributed by atoms with van der Waals surface area (Å²) in [6, 6.07) is 13.8. The number of hydrogen-bond acceptors (Lipinski definition) is 5. The van der Waals surface area contributed by atoms with Gasteiger partial charge in [0.1, 0.15) is 0 Å². The highest BCUT2D eigenvalue weighted by atomic mass is 16.6. The maximum Gasteiger partial charge on any atom is 0.261 e. The smallest absolute Gasteiger partial charge is 0.261 e. The van der Waals surface area contributed by atoms with Crippen molar-refractivity contribution >= 4 is 12.1 Å². The van der Waals surface area contributed by atoms with Crippen molar-refractivity contribution in [3.05, 3.63) is 59.2 Å². The zero-order chi connectivity index (χ0) is 19.8. The van der Waals surface area contributed by atoms with E-state index in [1.54, 1.807) is 19.4 Å². The Kier molecular flexibility index (Phi) is 6.89. The molecule has 0 saturated heterocycles. The Morgan fingerprint density at radius 1 is 1.25 bits per heavy atom. The molecule has 0 fully saturated rings. The number of nitrogens with zero attached hydrogens (tertiary/aromatic N) is 1. The van der Waals surface area contributed by atoms with Gasteiger partial charge in [0.2, 0.25) is 0 Å². The van der Waals surface area contributed by atoms with Crippen molar-refractivity contribution in [2.45, 2.75) is 32.2 Å². The molecule has 6 heteroatoms. The fourth-order valence-electron chi connectivity index (χ4n) is 3.37. The first-order valence-electron chi connectivity index (χ1n) is 9.54. The molecule has 1 aliphatic rings. The summed E-state index contributed by atoms with van der Waals surface area (Å²) in [5.74, 6) is 1.12. The fourth-order valence-corrected chi connectivity index (χ4v) is 3.37. The molecule has 0 aliphatic heterocycles. The number of benzene rings is 2. The molecular formula is C22H26N2O4. The maximum atomic E-state index is 12.2. The summed E-state index contributed by atoms with van der Waals surface area (Å²) in [6.07, 6.45) is 4.62. The lowest BCUT2D eigenvalue weighted by atomic mass is 9.88. The SMILES string of the molecule is CCOc1ccc(/C=N/OCC(=O)NC2CCCc3ccccc32)cc1OC. The van der Waals surface area contributed by atoms with Gasteiger partial charge in [0.25, 0.3) is 5.91 Å². The van der Waals surface area contributed by atoms with Gasteiger partial charge in [-0.3, -0.25) is 4.79 Å². The van der Waals surface area contributed by atoms with Gasteiger partial charge in [-0.15, -0.1) is 0 Å². The molecule has 148 valence electrons. The summed E-state index contributed by atoms with van der Waals surface area (Å²) >= 11 is 0. The molecule has 2 aromatic carbocycles. The van der Waals surface area contributed by atoms with Gasteiger partial charge in [-0.2, -0.15) is 0 Å². The molecule has 1 unspecified atom stereocenters. The van der Waals surface area contributed by atoms with E-state index < -0.39 is 0 Å². The predicted octanol–water partition coefficient (Wildman–Crippen LogP) is 3.64. The molecule has 3 rings (SSSR count). The van der Waals surface area contributed by atoms with Crippen molar-refractivity contribution in [2.24, 2.45) is 5.16 Å². The number of carbonyl (C=O) groups is 1. The summed E-state index contributed by atoms with van der Waals surface area (Å²) in [7, 11) is 1.59. The number of ether oxygens (including phenoxy) is 2. The monoisotopic (exact) mass is 382 g/mol. The van der Waals surface area contributed by atoms with Crippen molar-refractivity contribution in [3.8, 4) is 11.5 Å². The van der Waals surface area contributed by atoms with Crippen molar-refractivity contribution < 1.29 is 19.1 Å². The molecule has 6 nitrogen and oxygen atoms in total. The fraction of sp³-hybridized carbons (Fsp3) is 0.364. The highest BCUT2D eigenvalue weighted by Crippen LogP contribution is 2.29. The van der Waals surface area contributed by atoms with Crippen LogP contribution in [0.25, 0.3) is 0 Å². The highest BCUT2D eigenvalue weighted by Gasteiger charge is 2.21.